The van der Waals surface area contributed by atoms with Gasteiger partial charge in [-0.25, -0.2) is 0 Å². The van der Waals surface area contributed by atoms with Crippen molar-refractivity contribution < 1.29 is 4.42 Å². The van der Waals surface area contributed by atoms with Gasteiger partial charge in [-0.1, -0.05) is 24.9 Å². The maximum Gasteiger partial charge on any atom is 0.235 e. The topological polar surface area (TPSA) is 59.3 Å². The first kappa shape index (κ1) is 8.55. The number of hydrogen-bond acceptors (Lipinski definition) is 5. The fraction of sp³-hybridized carbons (Fsp3) is 0. The first-order valence-electron chi connectivity index (χ1n) is 4.28. The van der Waals surface area contributed by atoms with Crippen LogP contribution < -0.4 is 15.6 Å². The van der Waals surface area contributed by atoms with Crippen molar-refractivity contribution in [2.24, 2.45) is 0 Å². The summed E-state index contributed by atoms with van der Waals surface area (Å²) in [5.41, 5.74) is 0.394. The van der Waals surface area contributed by atoms with Crippen LogP contribution in [-0.4, -0.2) is 0 Å². The lowest BCUT2D eigenvalue weighted by molar-refractivity contribution is 0.636. The zero-order valence-electron chi connectivity index (χ0n) is 7.40. The second-order valence-corrected chi connectivity index (χ2v) is 3.48. The van der Waals surface area contributed by atoms with E-state index in [9.17, 15) is 9.59 Å². The molecule has 0 radical (unpaired) electrons. The predicted octanol–water partition coefficient (Wildman–Crippen LogP) is 1.01. The van der Waals surface area contributed by atoms with Crippen LogP contribution >= 0.6 is 12.8 Å². The van der Waals surface area contributed by atoms with Crippen LogP contribution in [0.15, 0.2) is 32.2 Å². The Morgan fingerprint density at radius 2 is 1.87 bits per heavy atom. The highest BCUT2D eigenvalue weighted by Crippen LogP contribution is 2.19. The smallest absolute Gasteiger partial charge is 0.235 e. The van der Waals surface area contributed by atoms with Crippen LogP contribution in [0.4, 0.5) is 5.69 Å². The molecule has 0 saturated carbocycles. The van der Waals surface area contributed by atoms with Gasteiger partial charge in [0.05, 0.1) is 11.1 Å². The van der Waals surface area contributed by atoms with E-state index in [2.05, 4.69) is 17.5 Å². The van der Waals surface area contributed by atoms with E-state index >= 15 is 0 Å². The second-order valence-electron chi connectivity index (χ2n) is 3.26. The van der Waals surface area contributed by atoms with Gasteiger partial charge in [-0.05, 0) is 6.07 Å². The first-order chi connectivity index (χ1) is 7.24. The number of anilines is 1. The molecule has 1 aromatic carbocycles. The summed E-state index contributed by atoms with van der Waals surface area (Å²) in [4.78, 5) is 23.5. The van der Waals surface area contributed by atoms with Gasteiger partial charge in [-0.15, -0.1) is 0 Å². The molecule has 0 unspecified atom stereocenters. The summed E-state index contributed by atoms with van der Waals surface area (Å²) >= 11 is 3.89. The average molecular weight is 219 g/mol. The Kier molecular flexibility index (Phi) is 1.50. The molecular weight excluding hydrogens is 214 g/mol. The molecule has 1 aliphatic carbocycles. The summed E-state index contributed by atoms with van der Waals surface area (Å²) in [7, 11) is 0. The molecule has 0 fully saturated rings. The standard InChI is InChI=1S/C10H5NO3S/c12-7-4-2-1-3-5(11-15)6(4)8(13)10-9(7)14-10/h1-3,11,15H. The van der Waals surface area contributed by atoms with E-state index < -0.39 is 0 Å². The van der Waals surface area contributed by atoms with E-state index in [1.54, 1.807) is 18.2 Å². The largest absolute Gasteiger partial charge is 0.441 e. The van der Waals surface area contributed by atoms with Gasteiger partial charge in [0, 0.05) is 5.39 Å². The minimum atomic E-state index is -0.253. The van der Waals surface area contributed by atoms with Crippen molar-refractivity contribution in [3.63, 3.8) is 0 Å². The average Bonchev–Trinajstić information content (AvgIpc) is 3.05. The van der Waals surface area contributed by atoms with Crippen LogP contribution in [0.1, 0.15) is 0 Å². The molecule has 15 heavy (non-hydrogen) atoms. The summed E-state index contributed by atoms with van der Waals surface area (Å²) < 4.78 is 7.45. The van der Waals surface area contributed by atoms with Gasteiger partial charge in [0.1, 0.15) is 0 Å². The maximum atomic E-state index is 11.8. The van der Waals surface area contributed by atoms with E-state index in [0.717, 1.165) is 0 Å². The van der Waals surface area contributed by atoms with E-state index in [1.165, 1.54) is 0 Å². The molecule has 74 valence electrons. The van der Waals surface area contributed by atoms with Crippen molar-refractivity contribution in [3.05, 3.63) is 49.5 Å². The fourth-order valence-electron chi connectivity index (χ4n) is 1.69. The number of rotatable bonds is 1. The highest BCUT2D eigenvalue weighted by Gasteiger charge is 2.18. The highest BCUT2D eigenvalue weighted by molar-refractivity contribution is 7.81. The number of nitrogens with one attached hydrogen (secondary N) is 1. The lowest BCUT2D eigenvalue weighted by Gasteiger charge is -2.00. The third kappa shape index (κ3) is 0.979. The Labute approximate surface area is 88.4 Å². The number of hydrogen-bond donors (Lipinski definition) is 2. The number of thiol groups is 1. The second kappa shape index (κ2) is 2.64. The molecule has 0 amide bonds. The normalized spacial score (nSPS) is 11.5. The lowest BCUT2D eigenvalue weighted by Crippen LogP contribution is -2.09. The summed E-state index contributed by atoms with van der Waals surface area (Å²) in [6, 6.07) is 4.98. The summed E-state index contributed by atoms with van der Waals surface area (Å²) in [6.45, 7) is 0. The zero-order valence-corrected chi connectivity index (χ0v) is 8.30. The minimum Gasteiger partial charge on any atom is -0.441 e. The van der Waals surface area contributed by atoms with Gasteiger partial charge < -0.3 is 9.14 Å². The van der Waals surface area contributed by atoms with Crippen molar-refractivity contribution in [2.45, 2.75) is 0 Å². The summed E-state index contributed by atoms with van der Waals surface area (Å²) in [5, 5.41) is 0.712. The van der Waals surface area contributed by atoms with Gasteiger partial charge in [0.2, 0.25) is 21.7 Å². The third-order valence-corrected chi connectivity index (χ3v) is 2.68. The highest BCUT2D eigenvalue weighted by atomic mass is 32.1. The zero-order chi connectivity index (χ0) is 10.6. The molecule has 3 rings (SSSR count). The summed E-state index contributed by atoms with van der Waals surface area (Å²) in [5.74, 6) is 0. The van der Waals surface area contributed by atoms with Crippen molar-refractivity contribution in [1.82, 2.24) is 0 Å². The molecule has 0 atom stereocenters. The molecule has 1 aromatic rings. The third-order valence-electron chi connectivity index (χ3n) is 2.44. The Bertz CT molecular complexity index is 794. The molecule has 0 bridgehead atoms. The maximum absolute atomic E-state index is 11.8. The molecule has 5 heteroatoms. The summed E-state index contributed by atoms with van der Waals surface area (Å²) in [6.07, 6.45) is 0. The van der Waals surface area contributed by atoms with Gasteiger partial charge in [0.15, 0.2) is 0 Å². The molecule has 2 aliphatic rings. The molecule has 4 nitrogen and oxygen atoms in total. The van der Waals surface area contributed by atoms with Crippen LogP contribution in [0, 0.1) is 10.8 Å². The fourth-order valence-corrected chi connectivity index (χ4v) is 1.88. The SMILES string of the molecule is O=c1c2oc=2c(=O)c2c(NS)cccc12. The van der Waals surface area contributed by atoms with Crippen molar-refractivity contribution in [1.29, 1.82) is 0 Å². The molecule has 0 aromatic heterocycles. The van der Waals surface area contributed by atoms with Crippen molar-refractivity contribution in [3.8, 4) is 0 Å². The molecule has 1 aliphatic heterocycles. The Hall–Kier alpha value is -1.75. The van der Waals surface area contributed by atoms with Crippen LogP contribution in [0.25, 0.3) is 10.8 Å². The lowest BCUT2D eigenvalue weighted by atomic mass is 10.1. The van der Waals surface area contributed by atoms with Crippen molar-refractivity contribution >= 4 is 29.3 Å². The van der Waals surface area contributed by atoms with Crippen LogP contribution in [0.3, 0.4) is 0 Å². The number of fused-ring (bicyclic) bond motifs is 1. The van der Waals surface area contributed by atoms with E-state index in [-0.39, 0.29) is 21.7 Å². The van der Waals surface area contributed by atoms with Crippen LogP contribution in [0.2, 0.25) is 0 Å². The number of benzene rings is 1. The van der Waals surface area contributed by atoms with E-state index in [4.69, 9.17) is 4.42 Å². The van der Waals surface area contributed by atoms with Crippen molar-refractivity contribution in [2.75, 3.05) is 4.72 Å². The van der Waals surface area contributed by atoms with E-state index in [0.29, 0.717) is 16.5 Å². The molecule has 1 heterocycles. The Morgan fingerprint density at radius 3 is 2.60 bits per heavy atom. The predicted molar refractivity (Wildman–Crippen MR) is 59.0 cm³/mol. The molecule has 1 N–H and O–H groups in total. The quantitative estimate of drug-likeness (QED) is 0.600. The monoisotopic (exact) mass is 219 g/mol. The van der Waals surface area contributed by atoms with Gasteiger partial charge in [0.25, 0.3) is 0 Å². The Morgan fingerprint density at radius 1 is 1.13 bits per heavy atom. The van der Waals surface area contributed by atoms with E-state index in [1.807, 2.05) is 0 Å². The van der Waals surface area contributed by atoms with Gasteiger partial charge >= 0.3 is 0 Å². The first-order valence-corrected chi connectivity index (χ1v) is 4.73. The molecule has 0 spiro atoms. The molecular formula is C10H5NO3S. The van der Waals surface area contributed by atoms with Gasteiger partial charge in [-0.2, -0.15) is 0 Å². The van der Waals surface area contributed by atoms with Gasteiger partial charge in [-0.3, -0.25) is 9.59 Å². The van der Waals surface area contributed by atoms with Crippen LogP contribution in [-0.2, 0) is 0 Å². The molecule has 0 saturated heterocycles. The minimum absolute atomic E-state index is 0.170. The Balaban J connectivity index is 2.73. The van der Waals surface area contributed by atoms with Crippen LogP contribution in [0.5, 0.6) is 0 Å².